The Labute approximate surface area is 149 Å². The number of hydrogen-bond donors (Lipinski definition) is 1. The van der Waals surface area contributed by atoms with Crippen LogP contribution in [0.2, 0.25) is 0 Å². The average Bonchev–Trinajstić information content (AvgIpc) is 3.28. The number of aromatic nitrogens is 3. The number of imidazole rings is 1. The van der Waals surface area contributed by atoms with Crippen LogP contribution in [0.4, 0.5) is 0 Å². The number of likely N-dealkylation sites (tertiary alicyclic amines) is 1. The van der Waals surface area contributed by atoms with Crippen LogP contribution in [0.1, 0.15) is 38.2 Å². The van der Waals surface area contributed by atoms with Crippen molar-refractivity contribution in [3.8, 4) is 5.82 Å². The standard InChI is InChI=1S/C19H26N6/c1-2-21-18(24-10-8-19(14-24)6-3-7-19)23-13-16-4-5-17(22-12-16)25-11-9-20-15-25/h4-5,9,11-12,15H,2-3,6-8,10,13-14H2,1H3,(H,21,23). The van der Waals surface area contributed by atoms with Crippen LogP contribution in [0, 0.1) is 5.41 Å². The van der Waals surface area contributed by atoms with Gasteiger partial charge in [-0.3, -0.25) is 4.57 Å². The Morgan fingerprint density at radius 2 is 2.24 bits per heavy atom. The van der Waals surface area contributed by atoms with Crippen molar-refractivity contribution in [1.82, 2.24) is 24.8 Å². The van der Waals surface area contributed by atoms with Crippen LogP contribution in [0.25, 0.3) is 5.82 Å². The summed E-state index contributed by atoms with van der Waals surface area (Å²) in [5, 5.41) is 3.46. The Balaban J connectivity index is 1.42. The topological polar surface area (TPSA) is 58.3 Å². The van der Waals surface area contributed by atoms with E-state index in [2.05, 4.69) is 33.2 Å². The van der Waals surface area contributed by atoms with Gasteiger partial charge < -0.3 is 10.2 Å². The Hall–Kier alpha value is -2.37. The van der Waals surface area contributed by atoms with Gasteiger partial charge in [0, 0.05) is 38.2 Å². The molecule has 6 heteroatoms. The van der Waals surface area contributed by atoms with Crippen molar-refractivity contribution >= 4 is 5.96 Å². The van der Waals surface area contributed by atoms with Gasteiger partial charge in [-0.1, -0.05) is 12.5 Å². The quantitative estimate of drug-likeness (QED) is 0.688. The molecule has 4 rings (SSSR count). The number of guanidine groups is 1. The molecule has 1 N–H and O–H groups in total. The molecule has 2 aromatic heterocycles. The van der Waals surface area contributed by atoms with E-state index in [1.807, 2.05) is 23.0 Å². The maximum Gasteiger partial charge on any atom is 0.194 e. The predicted molar refractivity (Wildman–Crippen MR) is 98.6 cm³/mol. The third-order valence-electron chi connectivity index (χ3n) is 5.48. The molecule has 2 fully saturated rings. The summed E-state index contributed by atoms with van der Waals surface area (Å²) < 4.78 is 1.90. The predicted octanol–water partition coefficient (Wildman–Crippen LogP) is 2.61. The second-order valence-corrected chi connectivity index (χ2v) is 7.19. The van der Waals surface area contributed by atoms with Crippen LogP contribution in [-0.2, 0) is 6.54 Å². The maximum absolute atomic E-state index is 4.85. The SMILES string of the molecule is CCNC(=NCc1ccc(-n2ccnc2)nc1)N1CCC2(CCC2)C1. The molecule has 2 aliphatic rings. The number of pyridine rings is 1. The highest BCUT2D eigenvalue weighted by Crippen LogP contribution is 2.47. The van der Waals surface area contributed by atoms with E-state index in [1.54, 1.807) is 12.5 Å². The van der Waals surface area contributed by atoms with Crippen molar-refractivity contribution < 1.29 is 0 Å². The van der Waals surface area contributed by atoms with Gasteiger partial charge in [-0.15, -0.1) is 0 Å². The highest BCUT2D eigenvalue weighted by Gasteiger charge is 2.43. The highest BCUT2D eigenvalue weighted by atomic mass is 15.3. The van der Waals surface area contributed by atoms with Crippen LogP contribution < -0.4 is 5.32 Å². The molecule has 2 aromatic rings. The van der Waals surface area contributed by atoms with Gasteiger partial charge in [0.25, 0.3) is 0 Å². The second kappa shape index (κ2) is 6.86. The second-order valence-electron chi connectivity index (χ2n) is 7.19. The first-order valence-corrected chi connectivity index (χ1v) is 9.25. The van der Waals surface area contributed by atoms with Gasteiger partial charge in [0.05, 0.1) is 6.54 Å². The number of nitrogens with one attached hydrogen (secondary N) is 1. The summed E-state index contributed by atoms with van der Waals surface area (Å²) in [4.78, 5) is 15.9. The minimum absolute atomic E-state index is 0.587. The molecule has 0 unspecified atom stereocenters. The van der Waals surface area contributed by atoms with Crippen molar-refractivity contribution in [1.29, 1.82) is 0 Å². The summed E-state index contributed by atoms with van der Waals surface area (Å²) in [6, 6.07) is 4.10. The summed E-state index contributed by atoms with van der Waals surface area (Å²) in [7, 11) is 0. The van der Waals surface area contributed by atoms with E-state index in [9.17, 15) is 0 Å². The molecule has 1 aliphatic heterocycles. The fourth-order valence-corrected chi connectivity index (χ4v) is 3.85. The minimum Gasteiger partial charge on any atom is -0.357 e. The summed E-state index contributed by atoms with van der Waals surface area (Å²) in [6.07, 6.45) is 12.8. The largest absolute Gasteiger partial charge is 0.357 e. The van der Waals surface area contributed by atoms with Gasteiger partial charge in [-0.2, -0.15) is 0 Å². The third-order valence-corrected chi connectivity index (χ3v) is 5.48. The smallest absolute Gasteiger partial charge is 0.194 e. The summed E-state index contributed by atoms with van der Waals surface area (Å²) >= 11 is 0. The van der Waals surface area contributed by atoms with Gasteiger partial charge in [-0.05, 0) is 43.2 Å². The van der Waals surface area contributed by atoms with E-state index < -0.39 is 0 Å². The average molecular weight is 338 g/mol. The van der Waals surface area contributed by atoms with E-state index in [1.165, 1.54) is 25.7 Å². The Bertz CT molecular complexity index is 715. The van der Waals surface area contributed by atoms with Crippen molar-refractivity contribution in [2.45, 2.75) is 39.2 Å². The third kappa shape index (κ3) is 3.38. The molecule has 1 spiro atoms. The molecule has 132 valence electrons. The molecule has 25 heavy (non-hydrogen) atoms. The number of rotatable bonds is 4. The fourth-order valence-electron chi connectivity index (χ4n) is 3.85. The number of nitrogens with zero attached hydrogens (tertiary/aromatic N) is 5. The van der Waals surface area contributed by atoms with Gasteiger partial charge in [0.15, 0.2) is 5.96 Å². The Morgan fingerprint density at radius 3 is 2.84 bits per heavy atom. The zero-order chi connectivity index (χ0) is 17.1. The molecule has 3 heterocycles. The number of aliphatic imine (C=N–C) groups is 1. The summed E-state index contributed by atoms with van der Waals surface area (Å²) in [5.41, 5.74) is 1.71. The summed E-state index contributed by atoms with van der Waals surface area (Å²) in [5.74, 6) is 1.92. The molecular formula is C19H26N6. The Kier molecular flexibility index (Phi) is 4.42. The lowest BCUT2D eigenvalue weighted by Gasteiger charge is -2.38. The molecule has 0 radical (unpaired) electrons. The first-order chi connectivity index (χ1) is 12.3. The van der Waals surface area contributed by atoms with Gasteiger partial charge in [-0.25, -0.2) is 15.0 Å². The molecule has 1 aliphatic carbocycles. The molecule has 6 nitrogen and oxygen atoms in total. The van der Waals surface area contributed by atoms with Gasteiger partial charge in [0.1, 0.15) is 12.1 Å². The molecule has 0 aromatic carbocycles. The maximum atomic E-state index is 4.85. The zero-order valence-corrected chi connectivity index (χ0v) is 14.9. The molecule has 1 saturated carbocycles. The lowest BCUT2D eigenvalue weighted by Crippen LogP contribution is -2.42. The normalized spacial score (nSPS) is 19.2. The zero-order valence-electron chi connectivity index (χ0n) is 14.9. The summed E-state index contributed by atoms with van der Waals surface area (Å²) in [6.45, 7) is 5.98. The highest BCUT2D eigenvalue weighted by molar-refractivity contribution is 5.80. The molecule has 0 amide bonds. The lowest BCUT2D eigenvalue weighted by atomic mass is 9.68. The lowest BCUT2D eigenvalue weighted by molar-refractivity contribution is 0.151. The number of hydrogen-bond acceptors (Lipinski definition) is 3. The minimum atomic E-state index is 0.587. The van der Waals surface area contributed by atoms with E-state index in [0.29, 0.717) is 12.0 Å². The van der Waals surface area contributed by atoms with Crippen molar-refractivity contribution in [2.75, 3.05) is 19.6 Å². The van der Waals surface area contributed by atoms with Crippen LogP contribution in [0.15, 0.2) is 42.0 Å². The van der Waals surface area contributed by atoms with Crippen LogP contribution in [0.3, 0.4) is 0 Å². The van der Waals surface area contributed by atoms with E-state index >= 15 is 0 Å². The fraction of sp³-hybridized carbons (Fsp3) is 0.526. The van der Waals surface area contributed by atoms with Crippen LogP contribution >= 0.6 is 0 Å². The van der Waals surface area contributed by atoms with E-state index in [-0.39, 0.29) is 0 Å². The van der Waals surface area contributed by atoms with Gasteiger partial charge >= 0.3 is 0 Å². The van der Waals surface area contributed by atoms with E-state index in [4.69, 9.17) is 4.99 Å². The van der Waals surface area contributed by atoms with Gasteiger partial charge in [0.2, 0.25) is 0 Å². The molecule has 1 saturated heterocycles. The first-order valence-electron chi connectivity index (χ1n) is 9.25. The first kappa shape index (κ1) is 16.1. The monoisotopic (exact) mass is 338 g/mol. The van der Waals surface area contributed by atoms with Crippen LogP contribution in [0.5, 0.6) is 0 Å². The molecule has 0 atom stereocenters. The van der Waals surface area contributed by atoms with Crippen LogP contribution in [-0.4, -0.2) is 45.0 Å². The Morgan fingerprint density at radius 1 is 1.32 bits per heavy atom. The van der Waals surface area contributed by atoms with Crippen molar-refractivity contribution in [2.24, 2.45) is 10.4 Å². The molecule has 0 bridgehead atoms. The van der Waals surface area contributed by atoms with Crippen molar-refractivity contribution in [3.05, 3.63) is 42.6 Å². The molecular weight excluding hydrogens is 312 g/mol. The van der Waals surface area contributed by atoms with Crippen molar-refractivity contribution in [3.63, 3.8) is 0 Å². The van der Waals surface area contributed by atoms with E-state index in [0.717, 1.165) is 37.0 Å².